The minimum absolute atomic E-state index is 0.262. The molecule has 2 aromatic rings. The first-order valence-corrected chi connectivity index (χ1v) is 5.29. The average molecular weight is 236 g/mol. The van der Waals surface area contributed by atoms with Gasteiger partial charge in [0, 0.05) is 25.1 Å². The maximum atomic E-state index is 13.3. The van der Waals surface area contributed by atoms with Gasteiger partial charge in [-0.3, -0.25) is 0 Å². The van der Waals surface area contributed by atoms with Crippen LogP contribution in [0.25, 0.3) is 0 Å². The molecule has 0 aliphatic carbocycles. The molecule has 0 bridgehead atoms. The van der Waals surface area contributed by atoms with Crippen LogP contribution in [0.1, 0.15) is 11.5 Å². The number of anilines is 1. The van der Waals surface area contributed by atoms with Crippen LogP contribution < -0.4 is 11.1 Å². The lowest BCUT2D eigenvalue weighted by molar-refractivity contribution is 0.505. The second kappa shape index (κ2) is 5.40. The van der Waals surface area contributed by atoms with E-state index in [1.165, 1.54) is 6.07 Å². The normalized spacial score (nSPS) is 10.5. The van der Waals surface area contributed by atoms with Gasteiger partial charge in [0.1, 0.15) is 5.82 Å². The fourth-order valence-corrected chi connectivity index (χ4v) is 1.36. The molecular formula is C11H13FN4O. The molecule has 1 aromatic carbocycles. The van der Waals surface area contributed by atoms with E-state index < -0.39 is 0 Å². The molecule has 3 N–H and O–H groups in total. The Morgan fingerprint density at radius 2 is 2.12 bits per heavy atom. The lowest BCUT2D eigenvalue weighted by Crippen LogP contribution is -2.02. The summed E-state index contributed by atoms with van der Waals surface area (Å²) in [5.74, 6) is 0.213. The van der Waals surface area contributed by atoms with E-state index in [0.29, 0.717) is 31.0 Å². The molecular weight excluding hydrogens is 223 g/mol. The summed E-state index contributed by atoms with van der Waals surface area (Å²) in [4.78, 5) is 0. The molecule has 0 radical (unpaired) electrons. The fraction of sp³-hybridized carbons (Fsp3) is 0.273. The van der Waals surface area contributed by atoms with Crippen molar-refractivity contribution in [2.24, 2.45) is 5.73 Å². The topological polar surface area (TPSA) is 77.0 Å². The predicted molar refractivity (Wildman–Crippen MR) is 60.8 cm³/mol. The van der Waals surface area contributed by atoms with Crippen molar-refractivity contribution in [3.8, 4) is 0 Å². The van der Waals surface area contributed by atoms with E-state index in [-0.39, 0.29) is 11.8 Å². The molecule has 17 heavy (non-hydrogen) atoms. The van der Waals surface area contributed by atoms with E-state index in [1.54, 1.807) is 18.2 Å². The zero-order chi connectivity index (χ0) is 12.1. The smallest absolute Gasteiger partial charge is 0.315 e. The highest BCUT2D eigenvalue weighted by molar-refractivity contribution is 5.24. The minimum atomic E-state index is -0.262. The van der Waals surface area contributed by atoms with Crippen LogP contribution in [0.5, 0.6) is 0 Å². The standard InChI is InChI=1S/C11H13FN4O/c12-9-4-2-1-3-8(9)7-14-11-16-15-10(17-11)5-6-13/h1-4H,5-7,13H2,(H,14,16). The highest BCUT2D eigenvalue weighted by Gasteiger charge is 2.06. The highest BCUT2D eigenvalue weighted by Crippen LogP contribution is 2.10. The molecule has 6 heteroatoms. The molecule has 0 aliphatic heterocycles. The van der Waals surface area contributed by atoms with E-state index >= 15 is 0 Å². The number of aromatic nitrogens is 2. The van der Waals surface area contributed by atoms with Gasteiger partial charge in [-0.2, -0.15) is 0 Å². The minimum Gasteiger partial charge on any atom is -0.408 e. The largest absolute Gasteiger partial charge is 0.408 e. The number of nitrogens with one attached hydrogen (secondary N) is 1. The van der Waals surface area contributed by atoms with Gasteiger partial charge in [-0.25, -0.2) is 4.39 Å². The molecule has 0 atom stereocenters. The van der Waals surface area contributed by atoms with E-state index in [9.17, 15) is 4.39 Å². The second-order valence-corrected chi connectivity index (χ2v) is 3.48. The zero-order valence-electron chi connectivity index (χ0n) is 9.19. The molecule has 0 aliphatic rings. The van der Waals surface area contributed by atoms with Crippen LogP contribution in [0, 0.1) is 5.82 Å². The van der Waals surface area contributed by atoms with Crippen LogP contribution in [0.3, 0.4) is 0 Å². The van der Waals surface area contributed by atoms with Crippen LogP contribution in [0.15, 0.2) is 28.7 Å². The monoisotopic (exact) mass is 236 g/mol. The van der Waals surface area contributed by atoms with Gasteiger partial charge in [0.25, 0.3) is 0 Å². The maximum Gasteiger partial charge on any atom is 0.315 e. The summed E-state index contributed by atoms with van der Waals surface area (Å²) in [6.45, 7) is 0.756. The number of nitrogens with zero attached hydrogens (tertiary/aromatic N) is 2. The second-order valence-electron chi connectivity index (χ2n) is 3.48. The van der Waals surface area contributed by atoms with Gasteiger partial charge in [0.2, 0.25) is 5.89 Å². The van der Waals surface area contributed by atoms with Crippen LogP contribution in [-0.2, 0) is 13.0 Å². The summed E-state index contributed by atoms with van der Waals surface area (Å²) in [5.41, 5.74) is 5.90. The van der Waals surface area contributed by atoms with E-state index in [4.69, 9.17) is 10.2 Å². The molecule has 0 unspecified atom stereocenters. The van der Waals surface area contributed by atoms with Crippen LogP contribution in [-0.4, -0.2) is 16.7 Å². The maximum absolute atomic E-state index is 13.3. The Hall–Kier alpha value is -1.95. The summed E-state index contributed by atoms with van der Waals surface area (Å²) in [7, 11) is 0. The number of rotatable bonds is 5. The van der Waals surface area contributed by atoms with Gasteiger partial charge in [-0.1, -0.05) is 23.3 Å². The molecule has 0 saturated heterocycles. The Labute approximate surface area is 97.8 Å². The van der Waals surface area contributed by atoms with Crippen molar-refractivity contribution < 1.29 is 8.81 Å². The van der Waals surface area contributed by atoms with Gasteiger partial charge in [-0.05, 0) is 6.07 Å². The van der Waals surface area contributed by atoms with E-state index in [2.05, 4.69) is 15.5 Å². The van der Waals surface area contributed by atoms with Crippen molar-refractivity contribution in [1.29, 1.82) is 0 Å². The third-order valence-corrected chi connectivity index (χ3v) is 2.21. The summed E-state index contributed by atoms with van der Waals surface area (Å²) in [6, 6.07) is 6.79. The van der Waals surface area contributed by atoms with Gasteiger partial charge < -0.3 is 15.5 Å². The van der Waals surface area contributed by atoms with Crippen molar-refractivity contribution in [1.82, 2.24) is 10.2 Å². The molecule has 2 rings (SSSR count). The number of hydrogen-bond donors (Lipinski definition) is 2. The Morgan fingerprint density at radius 3 is 2.88 bits per heavy atom. The molecule has 0 amide bonds. The average Bonchev–Trinajstić information content (AvgIpc) is 2.76. The summed E-state index contributed by atoms with van der Waals surface area (Å²) < 4.78 is 18.5. The van der Waals surface area contributed by atoms with Crippen LogP contribution in [0.4, 0.5) is 10.4 Å². The number of hydrogen-bond acceptors (Lipinski definition) is 5. The molecule has 1 heterocycles. The molecule has 0 spiro atoms. The first-order chi connectivity index (χ1) is 8.29. The lowest BCUT2D eigenvalue weighted by Gasteiger charge is -2.02. The van der Waals surface area contributed by atoms with Gasteiger partial charge in [0.15, 0.2) is 0 Å². The van der Waals surface area contributed by atoms with Crippen LogP contribution >= 0.6 is 0 Å². The quantitative estimate of drug-likeness (QED) is 0.818. The van der Waals surface area contributed by atoms with Gasteiger partial charge >= 0.3 is 6.01 Å². The van der Waals surface area contributed by atoms with Crippen molar-refractivity contribution in [2.45, 2.75) is 13.0 Å². The van der Waals surface area contributed by atoms with Gasteiger partial charge in [0.05, 0.1) is 0 Å². The summed E-state index contributed by atoms with van der Waals surface area (Å²) in [5, 5.41) is 10.4. The van der Waals surface area contributed by atoms with Gasteiger partial charge in [-0.15, -0.1) is 5.10 Å². The Bertz CT molecular complexity index is 486. The summed E-state index contributed by atoms with van der Waals surface area (Å²) in [6.07, 6.45) is 0.536. The molecule has 1 aromatic heterocycles. The number of benzene rings is 1. The third kappa shape index (κ3) is 3.01. The Morgan fingerprint density at radius 1 is 1.29 bits per heavy atom. The Kier molecular flexibility index (Phi) is 3.66. The molecule has 5 nitrogen and oxygen atoms in total. The SMILES string of the molecule is NCCc1nnc(NCc2ccccc2F)o1. The lowest BCUT2D eigenvalue weighted by atomic mass is 10.2. The van der Waals surface area contributed by atoms with Crippen molar-refractivity contribution in [2.75, 3.05) is 11.9 Å². The van der Waals surface area contributed by atoms with E-state index in [0.717, 1.165) is 0 Å². The third-order valence-electron chi connectivity index (χ3n) is 2.21. The molecule has 0 fully saturated rings. The highest BCUT2D eigenvalue weighted by atomic mass is 19.1. The van der Waals surface area contributed by atoms with Crippen LogP contribution in [0.2, 0.25) is 0 Å². The van der Waals surface area contributed by atoms with Crippen molar-refractivity contribution in [3.63, 3.8) is 0 Å². The van der Waals surface area contributed by atoms with Crippen molar-refractivity contribution in [3.05, 3.63) is 41.5 Å². The first kappa shape index (κ1) is 11.5. The number of halogens is 1. The fourth-order valence-electron chi connectivity index (χ4n) is 1.36. The number of nitrogens with two attached hydrogens (primary N) is 1. The van der Waals surface area contributed by atoms with Crippen molar-refractivity contribution >= 4 is 6.01 Å². The zero-order valence-corrected chi connectivity index (χ0v) is 9.19. The first-order valence-electron chi connectivity index (χ1n) is 5.29. The summed E-state index contributed by atoms with van der Waals surface area (Å²) >= 11 is 0. The molecule has 90 valence electrons. The van der Waals surface area contributed by atoms with E-state index in [1.807, 2.05) is 0 Å². The Balaban J connectivity index is 1.95. The predicted octanol–water partition coefficient (Wildman–Crippen LogP) is 1.32. The molecule has 0 saturated carbocycles.